The molecule has 0 spiro atoms. The van der Waals surface area contributed by atoms with Gasteiger partial charge < -0.3 is 0 Å². The van der Waals surface area contributed by atoms with Crippen LogP contribution in [0.25, 0.3) is 0 Å². The van der Waals surface area contributed by atoms with E-state index in [1.165, 1.54) is 25.7 Å². The number of hydrogen-bond donors (Lipinski definition) is 0. The molecule has 2 rings (SSSR count). The molecule has 1 saturated carbocycles. The van der Waals surface area contributed by atoms with Crippen LogP contribution in [0, 0.1) is 22.7 Å². The Bertz CT molecular complexity index is 262. The first-order valence-corrected chi connectivity index (χ1v) is 5.14. The third-order valence-electron chi connectivity index (χ3n) is 3.28. The summed E-state index contributed by atoms with van der Waals surface area (Å²) in [5, 5.41) is 9.25. The Labute approximate surface area is 79.8 Å². The molecule has 1 heteroatoms. The van der Waals surface area contributed by atoms with Crippen LogP contribution < -0.4 is 0 Å². The van der Waals surface area contributed by atoms with Gasteiger partial charge in [-0.05, 0) is 25.2 Å². The SMILES string of the molecule is N#CC1(C2CCCC2)C=CCC=C1. The van der Waals surface area contributed by atoms with E-state index in [1.807, 2.05) is 0 Å². The highest BCUT2D eigenvalue weighted by Crippen LogP contribution is 2.43. The molecule has 0 radical (unpaired) electrons. The van der Waals surface area contributed by atoms with Crippen LogP contribution >= 0.6 is 0 Å². The molecule has 0 bridgehead atoms. The fourth-order valence-corrected chi connectivity index (χ4v) is 2.50. The Hall–Kier alpha value is -1.03. The van der Waals surface area contributed by atoms with E-state index in [0.29, 0.717) is 5.92 Å². The molecule has 0 heterocycles. The Kier molecular flexibility index (Phi) is 2.22. The average Bonchev–Trinajstić information content (AvgIpc) is 2.72. The van der Waals surface area contributed by atoms with Crippen molar-refractivity contribution < 1.29 is 0 Å². The van der Waals surface area contributed by atoms with E-state index in [1.54, 1.807) is 0 Å². The minimum atomic E-state index is -0.255. The highest BCUT2D eigenvalue weighted by Gasteiger charge is 2.36. The Morgan fingerprint density at radius 3 is 2.31 bits per heavy atom. The Morgan fingerprint density at radius 1 is 1.15 bits per heavy atom. The van der Waals surface area contributed by atoms with Gasteiger partial charge in [-0.25, -0.2) is 0 Å². The zero-order valence-electron chi connectivity index (χ0n) is 7.87. The van der Waals surface area contributed by atoms with Gasteiger partial charge in [-0.2, -0.15) is 5.26 Å². The molecular weight excluding hydrogens is 158 g/mol. The summed E-state index contributed by atoms with van der Waals surface area (Å²) in [5.41, 5.74) is -0.255. The zero-order valence-corrected chi connectivity index (χ0v) is 7.87. The standard InChI is InChI=1S/C12H15N/c13-10-12(8-4-1-5-9-12)11-6-2-3-7-11/h4-5,8-9,11H,1-3,6-7H2. The average molecular weight is 173 g/mol. The molecule has 1 nitrogen and oxygen atoms in total. The maximum atomic E-state index is 9.25. The van der Waals surface area contributed by atoms with Crippen molar-refractivity contribution in [1.82, 2.24) is 0 Å². The van der Waals surface area contributed by atoms with Gasteiger partial charge in [-0.1, -0.05) is 37.1 Å². The second kappa shape index (κ2) is 3.38. The van der Waals surface area contributed by atoms with Gasteiger partial charge in [0.05, 0.1) is 11.5 Å². The quantitative estimate of drug-likeness (QED) is 0.558. The van der Waals surface area contributed by atoms with E-state index < -0.39 is 0 Å². The molecule has 0 aromatic heterocycles. The van der Waals surface area contributed by atoms with Crippen LogP contribution in [0.3, 0.4) is 0 Å². The number of allylic oxidation sites excluding steroid dienone is 4. The number of hydrogen-bond acceptors (Lipinski definition) is 1. The van der Waals surface area contributed by atoms with Crippen molar-refractivity contribution in [2.45, 2.75) is 32.1 Å². The second-order valence-electron chi connectivity index (χ2n) is 4.07. The van der Waals surface area contributed by atoms with Crippen molar-refractivity contribution >= 4 is 0 Å². The summed E-state index contributed by atoms with van der Waals surface area (Å²) in [5.74, 6) is 0.574. The molecule has 68 valence electrons. The third-order valence-corrected chi connectivity index (χ3v) is 3.28. The van der Waals surface area contributed by atoms with Crippen molar-refractivity contribution in [3.05, 3.63) is 24.3 Å². The van der Waals surface area contributed by atoms with Crippen molar-refractivity contribution in [3.8, 4) is 6.07 Å². The first-order chi connectivity index (χ1) is 6.37. The molecule has 2 aliphatic carbocycles. The predicted molar refractivity (Wildman–Crippen MR) is 52.9 cm³/mol. The zero-order chi connectivity index (χ0) is 9.15. The minimum absolute atomic E-state index is 0.255. The molecule has 0 N–H and O–H groups in total. The van der Waals surface area contributed by atoms with Gasteiger partial charge in [0, 0.05) is 0 Å². The molecule has 0 aromatic carbocycles. The second-order valence-corrected chi connectivity index (χ2v) is 4.07. The first kappa shape index (κ1) is 8.56. The van der Waals surface area contributed by atoms with Gasteiger partial charge in [0.25, 0.3) is 0 Å². The summed E-state index contributed by atoms with van der Waals surface area (Å²) < 4.78 is 0. The smallest absolute Gasteiger partial charge is 0.0961 e. The lowest BCUT2D eigenvalue weighted by molar-refractivity contribution is 0.381. The fourth-order valence-electron chi connectivity index (χ4n) is 2.50. The lowest BCUT2D eigenvalue weighted by Crippen LogP contribution is -2.23. The Morgan fingerprint density at radius 2 is 1.77 bits per heavy atom. The summed E-state index contributed by atoms with van der Waals surface area (Å²) in [6.07, 6.45) is 14.5. The van der Waals surface area contributed by atoms with Crippen molar-refractivity contribution in [2.75, 3.05) is 0 Å². The lowest BCUT2D eigenvalue weighted by atomic mass is 9.73. The molecule has 0 atom stereocenters. The number of nitriles is 1. The lowest BCUT2D eigenvalue weighted by Gasteiger charge is -2.27. The summed E-state index contributed by atoms with van der Waals surface area (Å²) in [6, 6.07) is 2.49. The van der Waals surface area contributed by atoms with E-state index in [2.05, 4.69) is 30.4 Å². The van der Waals surface area contributed by atoms with E-state index in [0.717, 1.165) is 6.42 Å². The molecular formula is C12H15N. The van der Waals surface area contributed by atoms with Crippen LogP contribution in [0.1, 0.15) is 32.1 Å². The van der Waals surface area contributed by atoms with Crippen molar-refractivity contribution in [1.29, 1.82) is 5.26 Å². The van der Waals surface area contributed by atoms with E-state index in [-0.39, 0.29) is 5.41 Å². The van der Waals surface area contributed by atoms with E-state index >= 15 is 0 Å². The van der Waals surface area contributed by atoms with Crippen molar-refractivity contribution in [3.63, 3.8) is 0 Å². The van der Waals surface area contributed by atoms with Crippen LogP contribution in [0.15, 0.2) is 24.3 Å². The molecule has 0 aromatic rings. The van der Waals surface area contributed by atoms with Crippen LogP contribution in [0.2, 0.25) is 0 Å². The van der Waals surface area contributed by atoms with Crippen LogP contribution in [-0.2, 0) is 0 Å². The van der Waals surface area contributed by atoms with E-state index in [4.69, 9.17) is 0 Å². The molecule has 2 aliphatic rings. The molecule has 0 amide bonds. The number of nitrogens with zero attached hydrogens (tertiary/aromatic N) is 1. The topological polar surface area (TPSA) is 23.8 Å². The van der Waals surface area contributed by atoms with Crippen molar-refractivity contribution in [2.24, 2.45) is 11.3 Å². The molecule has 0 saturated heterocycles. The van der Waals surface area contributed by atoms with Gasteiger partial charge in [-0.3, -0.25) is 0 Å². The van der Waals surface area contributed by atoms with Crippen LogP contribution in [-0.4, -0.2) is 0 Å². The van der Waals surface area contributed by atoms with Gasteiger partial charge in [-0.15, -0.1) is 0 Å². The maximum Gasteiger partial charge on any atom is 0.0961 e. The third kappa shape index (κ3) is 1.42. The van der Waals surface area contributed by atoms with Crippen LogP contribution in [0.4, 0.5) is 0 Å². The van der Waals surface area contributed by atoms with E-state index in [9.17, 15) is 5.26 Å². The fraction of sp³-hybridized carbons (Fsp3) is 0.583. The largest absolute Gasteiger partial charge is 0.197 e. The highest BCUT2D eigenvalue weighted by molar-refractivity contribution is 5.28. The summed E-state index contributed by atoms with van der Waals surface area (Å²) in [7, 11) is 0. The first-order valence-electron chi connectivity index (χ1n) is 5.14. The molecule has 0 aliphatic heterocycles. The van der Waals surface area contributed by atoms with Gasteiger partial charge >= 0.3 is 0 Å². The number of rotatable bonds is 1. The summed E-state index contributed by atoms with van der Waals surface area (Å²) >= 11 is 0. The van der Waals surface area contributed by atoms with Gasteiger partial charge in [0.15, 0.2) is 0 Å². The molecule has 13 heavy (non-hydrogen) atoms. The van der Waals surface area contributed by atoms with Gasteiger partial charge in [0.2, 0.25) is 0 Å². The minimum Gasteiger partial charge on any atom is -0.197 e. The summed E-state index contributed by atoms with van der Waals surface area (Å²) in [4.78, 5) is 0. The predicted octanol–water partition coefficient (Wildman–Crippen LogP) is 3.20. The van der Waals surface area contributed by atoms with Gasteiger partial charge in [0.1, 0.15) is 0 Å². The maximum absolute atomic E-state index is 9.25. The molecule has 0 unspecified atom stereocenters. The Balaban J connectivity index is 2.24. The monoisotopic (exact) mass is 173 g/mol. The summed E-state index contributed by atoms with van der Waals surface area (Å²) in [6.45, 7) is 0. The highest BCUT2D eigenvalue weighted by atomic mass is 14.4. The van der Waals surface area contributed by atoms with Crippen LogP contribution in [0.5, 0.6) is 0 Å². The normalized spacial score (nSPS) is 26.1. The molecule has 1 fully saturated rings.